The molecular weight excluding hydrogens is 372 g/mol. The predicted octanol–water partition coefficient (Wildman–Crippen LogP) is 3.07. The van der Waals surface area contributed by atoms with Crippen LogP contribution in [0.5, 0.6) is 0 Å². The Labute approximate surface area is 159 Å². The molecule has 2 aromatic carbocycles. The van der Waals surface area contributed by atoms with Crippen LogP contribution in [0.3, 0.4) is 0 Å². The lowest BCUT2D eigenvalue weighted by Crippen LogP contribution is -2.22. The molecule has 0 radical (unpaired) electrons. The van der Waals surface area contributed by atoms with Crippen molar-refractivity contribution >= 4 is 40.8 Å². The minimum atomic E-state index is -0.603. The van der Waals surface area contributed by atoms with Gasteiger partial charge in [0, 0.05) is 22.6 Å². The van der Waals surface area contributed by atoms with E-state index in [1.165, 1.54) is 31.2 Å². The number of benzene rings is 2. The highest BCUT2D eigenvalue weighted by molar-refractivity contribution is 8.00. The number of ketones is 1. The molecule has 8 nitrogen and oxygen atoms in total. The normalized spacial score (nSPS) is 10.1. The maximum Gasteiger partial charge on any atom is 0.316 e. The molecule has 0 aliphatic rings. The molecule has 0 fully saturated rings. The molecule has 0 aliphatic heterocycles. The summed E-state index contributed by atoms with van der Waals surface area (Å²) in [5, 5.41) is 13.1. The first kappa shape index (κ1) is 20.1. The lowest BCUT2D eigenvalue weighted by atomic mass is 10.1. The van der Waals surface area contributed by atoms with Crippen molar-refractivity contribution in [3.05, 3.63) is 64.2 Å². The van der Waals surface area contributed by atoms with Crippen molar-refractivity contribution in [2.45, 2.75) is 11.8 Å². The molecule has 27 heavy (non-hydrogen) atoms. The molecule has 0 saturated heterocycles. The second-order valence-electron chi connectivity index (χ2n) is 5.35. The van der Waals surface area contributed by atoms with Gasteiger partial charge in [-0.25, -0.2) is 0 Å². The maximum absolute atomic E-state index is 11.9. The Bertz CT molecular complexity index is 866. The number of thioether (sulfide) groups is 1. The van der Waals surface area contributed by atoms with Crippen molar-refractivity contribution in [2.75, 3.05) is 17.7 Å². The van der Waals surface area contributed by atoms with E-state index in [2.05, 4.69) is 5.32 Å². The fourth-order valence-electron chi connectivity index (χ4n) is 2.08. The van der Waals surface area contributed by atoms with Crippen LogP contribution in [0.4, 0.5) is 11.4 Å². The van der Waals surface area contributed by atoms with Gasteiger partial charge in [0.1, 0.15) is 0 Å². The fraction of sp³-hybridized carbons (Fsp3) is 0.167. The summed E-state index contributed by atoms with van der Waals surface area (Å²) < 4.78 is 4.90. The Morgan fingerprint density at radius 1 is 1.11 bits per heavy atom. The van der Waals surface area contributed by atoms with Crippen LogP contribution in [0, 0.1) is 10.1 Å². The summed E-state index contributed by atoms with van der Waals surface area (Å²) in [5.41, 5.74) is 0.682. The molecule has 2 aromatic rings. The highest BCUT2D eigenvalue weighted by Gasteiger charge is 2.12. The highest BCUT2D eigenvalue weighted by Crippen LogP contribution is 2.21. The quantitative estimate of drug-likeness (QED) is 0.243. The Morgan fingerprint density at radius 2 is 1.78 bits per heavy atom. The van der Waals surface area contributed by atoms with E-state index in [0.717, 1.165) is 11.8 Å². The van der Waals surface area contributed by atoms with E-state index in [0.29, 0.717) is 16.1 Å². The minimum Gasteiger partial charge on any atom is -0.455 e. The largest absolute Gasteiger partial charge is 0.455 e. The number of hydrogen-bond acceptors (Lipinski definition) is 7. The van der Waals surface area contributed by atoms with Crippen molar-refractivity contribution in [3.8, 4) is 0 Å². The van der Waals surface area contributed by atoms with E-state index in [9.17, 15) is 24.5 Å². The average molecular weight is 388 g/mol. The number of ether oxygens (including phenoxy) is 1. The SMILES string of the molecule is CC(=O)c1ccccc1NC(=O)COC(=O)CSc1ccc([N+](=O)[O-])cc1. The fourth-order valence-corrected chi connectivity index (χ4v) is 2.78. The summed E-state index contributed by atoms with van der Waals surface area (Å²) in [5.74, 6) is -1.40. The first-order valence-electron chi connectivity index (χ1n) is 7.79. The van der Waals surface area contributed by atoms with Gasteiger partial charge in [0.25, 0.3) is 11.6 Å². The van der Waals surface area contributed by atoms with Crippen LogP contribution in [-0.2, 0) is 14.3 Å². The first-order chi connectivity index (χ1) is 12.9. The Balaban J connectivity index is 1.79. The topological polar surface area (TPSA) is 116 Å². The summed E-state index contributed by atoms with van der Waals surface area (Å²) in [6.07, 6.45) is 0. The zero-order valence-corrected chi connectivity index (χ0v) is 15.2. The summed E-state index contributed by atoms with van der Waals surface area (Å²) >= 11 is 1.14. The average Bonchev–Trinajstić information content (AvgIpc) is 2.65. The predicted molar refractivity (Wildman–Crippen MR) is 99.9 cm³/mol. The third-order valence-corrected chi connectivity index (χ3v) is 4.33. The van der Waals surface area contributed by atoms with Gasteiger partial charge in [-0.05, 0) is 31.2 Å². The molecule has 0 heterocycles. The van der Waals surface area contributed by atoms with E-state index in [1.54, 1.807) is 24.3 Å². The van der Waals surface area contributed by atoms with Gasteiger partial charge in [-0.2, -0.15) is 0 Å². The second kappa shape index (κ2) is 9.48. The number of non-ortho nitro benzene ring substituents is 1. The Kier molecular flexibility index (Phi) is 7.07. The Morgan fingerprint density at radius 3 is 2.41 bits per heavy atom. The van der Waals surface area contributed by atoms with Crippen molar-refractivity contribution < 1.29 is 24.0 Å². The van der Waals surface area contributed by atoms with Crippen LogP contribution < -0.4 is 5.32 Å². The highest BCUT2D eigenvalue weighted by atomic mass is 32.2. The number of para-hydroxylation sites is 1. The number of amides is 1. The second-order valence-corrected chi connectivity index (χ2v) is 6.40. The van der Waals surface area contributed by atoms with Crippen LogP contribution in [0.25, 0.3) is 0 Å². The van der Waals surface area contributed by atoms with Gasteiger partial charge in [0.2, 0.25) is 0 Å². The number of nitro groups is 1. The monoisotopic (exact) mass is 388 g/mol. The molecule has 0 atom stereocenters. The molecule has 0 bridgehead atoms. The van der Waals surface area contributed by atoms with E-state index in [4.69, 9.17) is 4.74 Å². The van der Waals surface area contributed by atoms with E-state index in [1.807, 2.05) is 0 Å². The number of carbonyl (C=O) groups excluding carboxylic acids is 3. The summed E-state index contributed by atoms with van der Waals surface area (Å²) in [7, 11) is 0. The Hall–Kier alpha value is -3.20. The van der Waals surface area contributed by atoms with E-state index < -0.39 is 23.4 Å². The van der Waals surface area contributed by atoms with Gasteiger partial charge in [0.05, 0.1) is 16.4 Å². The summed E-state index contributed by atoms with van der Waals surface area (Å²) in [4.78, 5) is 45.9. The number of esters is 1. The number of hydrogen-bond donors (Lipinski definition) is 1. The van der Waals surface area contributed by atoms with E-state index >= 15 is 0 Å². The van der Waals surface area contributed by atoms with Crippen LogP contribution in [-0.4, -0.2) is 34.9 Å². The summed E-state index contributed by atoms with van der Waals surface area (Å²) in [6, 6.07) is 12.3. The molecule has 0 aliphatic carbocycles. The number of nitrogens with zero attached hydrogens (tertiary/aromatic N) is 1. The summed E-state index contributed by atoms with van der Waals surface area (Å²) in [6.45, 7) is 0.909. The van der Waals surface area contributed by atoms with Crippen LogP contribution in [0.15, 0.2) is 53.4 Å². The number of nitrogens with one attached hydrogen (secondary N) is 1. The number of carbonyl (C=O) groups is 3. The smallest absolute Gasteiger partial charge is 0.316 e. The molecule has 140 valence electrons. The van der Waals surface area contributed by atoms with Crippen molar-refractivity contribution in [1.29, 1.82) is 0 Å². The molecule has 2 rings (SSSR count). The molecule has 1 N–H and O–H groups in total. The lowest BCUT2D eigenvalue weighted by Gasteiger charge is -2.09. The van der Waals surface area contributed by atoms with E-state index in [-0.39, 0.29) is 17.2 Å². The molecule has 0 aromatic heterocycles. The number of anilines is 1. The van der Waals surface area contributed by atoms with Gasteiger partial charge in [-0.15, -0.1) is 11.8 Å². The maximum atomic E-state index is 11.9. The third kappa shape index (κ3) is 6.23. The van der Waals surface area contributed by atoms with Gasteiger partial charge in [-0.1, -0.05) is 12.1 Å². The standard InChI is InChI=1S/C18H16N2O6S/c1-12(21)15-4-2-3-5-16(15)19-17(22)10-26-18(23)11-27-14-8-6-13(7-9-14)20(24)25/h2-9H,10-11H2,1H3,(H,19,22). The zero-order chi connectivity index (χ0) is 19.8. The number of nitro benzene ring substituents is 1. The van der Waals surface area contributed by atoms with Gasteiger partial charge in [0.15, 0.2) is 12.4 Å². The lowest BCUT2D eigenvalue weighted by molar-refractivity contribution is -0.384. The van der Waals surface area contributed by atoms with Crippen molar-refractivity contribution in [3.63, 3.8) is 0 Å². The van der Waals surface area contributed by atoms with Crippen LogP contribution in [0.1, 0.15) is 17.3 Å². The third-order valence-electron chi connectivity index (χ3n) is 3.35. The van der Waals surface area contributed by atoms with Gasteiger partial charge < -0.3 is 10.1 Å². The van der Waals surface area contributed by atoms with Gasteiger partial charge in [-0.3, -0.25) is 24.5 Å². The van der Waals surface area contributed by atoms with Crippen LogP contribution in [0.2, 0.25) is 0 Å². The minimum absolute atomic E-state index is 0.0376. The first-order valence-corrected chi connectivity index (χ1v) is 8.78. The number of rotatable bonds is 8. The zero-order valence-electron chi connectivity index (χ0n) is 14.3. The molecular formula is C18H16N2O6S. The van der Waals surface area contributed by atoms with Crippen molar-refractivity contribution in [1.82, 2.24) is 0 Å². The molecule has 9 heteroatoms. The van der Waals surface area contributed by atoms with Crippen LogP contribution >= 0.6 is 11.8 Å². The molecule has 0 saturated carbocycles. The molecule has 1 amide bonds. The van der Waals surface area contributed by atoms with Gasteiger partial charge >= 0.3 is 5.97 Å². The van der Waals surface area contributed by atoms with Crippen molar-refractivity contribution in [2.24, 2.45) is 0 Å². The molecule has 0 spiro atoms. The molecule has 0 unspecified atom stereocenters. The number of Topliss-reactive ketones (excluding diaryl/α,β-unsaturated/α-hetero) is 1.